The van der Waals surface area contributed by atoms with Crippen molar-refractivity contribution in [3.05, 3.63) is 87.1 Å². The van der Waals surface area contributed by atoms with Gasteiger partial charge in [-0.25, -0.2) is 9.49 Å². The van der Waals surface area contributed by atoms with Crippen LogP contribution in [0, 0.1) is 22.6 Å². The first-order valence-electron chi connectivity index (χ1n) is 9.79. The van der Waals surface area contributed by atoms with Crippen LogP contribution in [0.1, 0.15) is 22.4 Å². The molecule has 0 amide bonds. The van der Waals surface area contributed by atoms with E-state index in [1.807, 2.05) is 0 Å². The number of nitrogens with two attached hydrogens (primary N) is 1. The van der Waals surface area contributed by atoms with Crippen molar-refractivity contribution in [2.24, 2.45) is 5.73 Å². The lowest BCUT2D eigenvalue weighted by Crippen LogP contribution is -2.14. The molecule has 8 heteroatoms. The highest BCUT2D eigenvalue weighted by atomic mass is 19.1. The highest BCUT2D eigenvalue weighted by Crippen LogP contribution is 2.31. The number of nitriles is 1. The minimum Gasteiger partial charge on any atom is -0.387 e. The Hall–Kier alpha value is -4.35. The van der Waals surface area contributed by atoms with Crippen molar-refractivity contribution < 1.29 is 4.39 Å². The van der Waals surface area contributed by atoms with Crippen molar-refractivity contribution in [1.29, 1.82) is 10.7 Å². The van der Waals surface area contributed by atoms with Gasteiger partial charge in [-0.3, -0.25) is 4.79 Å². The van der Waals surface area contributed by atoms with Crippen molar-refractivity contribution >= 4 is 39.0 Å². The van der Waals surface area contributed by atoms with E-state index in [9.17, 15) is 14.4 Å². The van der Waals surface area contributed by atoms with E-state index in [-0.39, 0.29) is 17.9 Å². The average Bonchev–Trinajstić information content (AvgIpc) is 2.81. The smallest absolute Gasteiger partial charge is 0.272 e. The van der Waals surface area contributed by atoms with E-state index in [1.165, 1.54) is 18.3 Å². The number of nitrogens with zero attached hydrogens (tertiary/aromatic N) is 2. The summed E-state index contributed by atoms with van der Waals surface area (Å²) in [6.07, 6.45) is 1.19. The minimum atomic E-state index is -0.380. The minimum absolute atomic E-state index is 0.138. The van der Waals surface area contributed by atoms with Gasteiger partial charge in [-0.2, -0.15) is 10.4 Å². The summed E-state index contributed by atoms with van der Waals surface area (Å²) < 4.78 is 13.6. The highest BCUT2D eigenvalue weighted by Gasteiger charge is 2.17. The second-order valence-corrected chi connectivity index (χ2v) is 7.11. The molecular formula is C24H19FN6O. The SMILES string of the molecule is CN/C(=C(\C=N)c1ccc2c(=O)[nH]nc(CN)c2c1)c1ccc2cc(F)ccc2c1C#N. The number of hydrogen-bond acceptors (Lipinski definition) is 6. The lowest BCUT2D eigenvalue weighted by molar-refractivity contribution is 0.630. The first-order chi connectivity index (χ1) is 15.5. The molecule has 0 aliphatic rings. The lowest BCUT2D eigenvalue weighted by Gasteiger charge is -2.16. The predicted molar refractivity (Wildman–Crippen MR) is 124 cm³/mol. The molecule has 0 aliphatic heterocycles. The number of H-pyrrole nitrogens is 1. The summed E-state index contributed by atoms with van der Waals surface area (Å²) in [6.45, 7) is 0.138. The number of hydrogen-bond donors (Lipinski definition) is 4. The summed E-state index contributed by atoms with van der Waals surface area (Å²) in [5.74, 6) is -0.380. The highest BCUT2D eigenvalue weighted by molar-refractivity contribution is 6.19. The van der Waals surface area contributed by atoms with Crippen molar-refractivity contribution in [3.8, 4) is 6.07 Å². The Bertz CT molecular complexity index is 1510. The van der Waals surface area contributed by atoms with Crippen molar-refractivity contribution in [1.82, 2.24) is 15.5 Å². The van der Waals surface area contributed by atoms with Crippen LogP contribution >= 0.6 is 0 Å². The standard InChI is InChI=1S/C24H19FN6O/c1-29-23(17-5-2-13-8-15(25)4-7-16(13)21(17)11-27)20(10-26)14-3-6-18-19(9-14)22(12-28)30-31-24(18)32/h2-10,26,29H,12,28H2,1H3,(H,31,32)/b23-20+,26-10?. The summed E-state index contributed by atoms with van der Waals surface area (Å²) in [7, 11) is 1.70. The average molecular weight is 426 g/mol. The maximum Gasteiger partial charge on any atom is 0.272 e. The second kappa shape index (κ2) is 8.41. The molecule has 0 fully saturated rings. The van der Waals surface area contributed by atoms with E-state index >= 15 is 0 Å². The van der Waals surface area contributed by atoms with Gasteiger partial charge in [-0.1, -0.05) is 24.3 Å². The third-order valence-corrected chi connectivity index (χ3v) is 5.40. The van der Waals surface area contributed by atoms with Gasteiger partial charge >= 0.3 is 0 Å². The molecular weight excluding hydrogens is 407 g/mol. The van der Waals surface area contributed by atoms with Crippen LogP contribution in [0.5, 0.6) is 0 Å². The van der Waals surface area contributed by atoms with Crippen LogP contribution in [0.3, 0.4) is 0 Å². The Balaban J connectivity index is 2.01. The summed E-state index contributed by atoms with van der Waals surface area (Å²) in [5, 5.41) is 29.8. The number of nitrogens with one attached hydrogen (secondary N) is 3. The molecule has 32 heavy (non-hydrogen) atoms. The van der Waals surface area contributed by atoms with Gasteiger partial charge in [-0.15, -0.1) is 0 Å². The second-order valence-electron chi connectivity index (χ2n) is 7.11. The van der Waals surface area contributed by atoms with E-state index in [0.29, 0.717) is 55.2 Å². The molecule has 0 atom stereocenters. The fourth-order valence-corrected chi connectivity index (χ4v) is 3.89. The van der Waals surface area contributed by atoms with E-state index in [2.05, 4.69) is 21.6 Å². The maximum atomic E-state index is 13.6. The van der Waals surface area contributed by atoms with Crippen molar-refractivity contribution in [2.75, 3.05) is 7.05 Å². The van der Waals surface area contributed by atoms with Crippen LogP contribution in [0.25, 0.3) is 32.8 Å². The molecule has 0 bridgehead atoms. The number of benzene rings is 3. The molecule has 0 aliphatic carbocycles. The van der Waals surface area contributed by atoms with Gasteiger partial charge in [0.15, 0.2) is 0 Å². The van der Waals surface area contributed by atoms with E-state index in [1.54, 1.807) is 43.4 Å². The molecule has 0 radical (unpaired) electrons. The molecule has 0 spiro atoms. The monoisotopic (exact) mass is 426 g/mol. The molecule has 158 valence electrons. The molecule has 7 nitrogen and oxygen atoms in total. The molecule has 4 aromatic rings. The van der Waals surface area contributed by atoms with Crippen LogP contribution in [0.2, 0.25) is 0 Å². The third-order valence-electron chi connectivity index (χ3n) is 5.40. The van der Waals surface area contributed by atoms with E-state index < -0.39 is 0 Å². The van der Waals surface area contributed by atoms with Crippen LogP contribution in [0.4, 0.5) is 4.39 Å². The van der Waals surface area contributed by atoms with Crippen LogP contribution < -0.4 is 16.6 Å². The zero-order valence-corrected chi connectivity index (χ0v) is 17.2. The fourth-order valence-electron chi connectivity index (χ4n) is 3.89. The Morgan fingerprint density at radius 1 is 1.22 bits per heavy atom. The van der Waals surface area contributed by atoms with Gasteiger partial charge < -0.3 is 16.5 Å². The van der Waals surface area contributed by atoms with E-state index in [0.717, 1.165) is 0 Å². The summed E-state index contributed by atoms with van der Waals surface area (Å²) in [6, 6.07) is 15.1. The van der Waals surface area contributed by atoms with Crippen molar-refractivity contribution in [3.63, 3.8) is 0 Å². The molecule has 1 heterocycles. The lowest BCUT2D eigenvalue weighted by atomic mass is 9.93. The molecule has 3 aromatic carbocycles. The number of aromatic nitrogens is 2. The summed E-state index contributed by atoms with van der Waals surface area (Å²) >= 11 is 0. The largest absolute Gasteiger partial charge is 0.387 e. The Morgan fingerprint density at radius 3 is 2.69 bits per heavy atom. The molecule has 0 saturated heterocycles. The maximum absolute atomic E-state index is 13.6. The van der Waals surface area contributed by atoms with Gasteiger partial charge in [-0.05, 0) is 35.2 Å². The quantitative estimate of drug-likeness (QED) is 0.287. The van der Waals surface area contributed by atoms with Gasteiger partial charge in [0.2, 0.25) is 0 Å². The Morgan fingerprint density at radius 2 is 2.00 bits per heavy atom. The van der Waals surface area contributed by atoms with Crippen LogP contribution in [0.15, 0.2) is 53.3 Å². The number of halogens is 1. The first-order valence-corrected chi connectivity index (χ1v) is 9.79. The predicted octanol–water partition coefficient (Wildman–Crippen LogP) is 3.28. The first kappa shape index (κ1) is 20.9. The molecule has 1 aromatic heterocycles. The zero-order chi connectivity index (χ0) is 22.8. The van der Waals surface area contributed by atoms with E-state index in [4.69, 9.17) is 11.1 Å². The summed E-state index contributed by atoms with van der Waals surface area (Å²) in [5.41, 5.74) is 8.65. The van der Waals surface area contributed by atoms with Crippen LogP contribution in [-0.2, 0) is 6.54 Å². The normalized spacial score (nSPS) is 11.8. The number of rotatable bonds is 5. The fraction of sp³-hybridized carbons (Fsp3) is 0.0833. The Labute approximate surface area is 182 Å². The third kappa shape index (κ3) is 3.41. The molecule has 0 saturated carbocycles. The molecule has 5 N–H and O–H groups in total. The van der Waals surface area contributed by atoms with Crippen LogP contribution in [-0.4, -0.2) is 23.5 Å². The number of allylic oxidation sites excluding steroid dienone is 1. The van der Waals surface area contributed by atoms with Gasteiger partial charge in [0.05, 0.1) is 22.3 Å². The topological polar surface area (TPSA) is 131 Å². The van der Waals surface area contributed by atoms with Gasteiger partial charge in [0.1, 0.15) is 11.9 Å². The number of aromatic amines is 1. The molecule has 4 rings (SSSR count). The van der Waals surface area contributed by atoms with Gasteiger partial charge in [0.25, 0.3) is 5.56 Å². The molecule has 0 unspecified atom stereocenters. The number of fused-ring (bicyclic) bond motifs is 2. The Kier molecular flexibility index (Phi) is 5.50. The van der Waals surface area contributed by atoms with Crippen molar-refractivity contribution in [2.45, 2.75) is 6.54 Å². The zero-order valence-electron chi connectivity index (χ0n) is 17.2. The summed E-state index contributed by atoms with van der Waals surface area (Å²) in [4.78, 5) is 12.2. The van der Waals surface area contributed by atoms with Gasteiger partial charge in [0, 0.05) is 41.7 Å².